The average Bonchev–Trinajstić information content (AvgIpc) is 3.07. The molecule has 3 rings (SSSR count). The van der Waals surface area contributed by atoms with E-state index in [0.717, 1.165) is 25.1 Å². The molecule has 0 radical (unpaired) electrons. The molecule has 2 aromatic carbocycles. The lowest BCUT2D eigenvalue weighted by atomic mass is 10.1. The van der Waals surface area contributed by atoms with Crippen molar-refractivity contribution in [1.82, 2.24) is 10.3 Å². The summed E-state index contributed by atoms with van der Waals surface area (Å²) in [6.45, 7) is 1.77. The molecule has 1 heterocycles. The van der Waals surface area contributed by atoms with Gasteiger partial charge in [0.2, 0.25) is 0 Å². The van der Waals surface area contributed by atoms with Gasteiger partial charge < -0.3 is 20.1 Å². The van der Waals surface area contributed by atoms with Gasteiger partial charge >= 0.3 is 0 Å². The fraction of sp³-hybridized carbons (Fsp3) is 0.238. The maximum Gasteiger partial charge on any atom is 0.174 e. The van der Waals surface area contributed by atoms with E-state index in [1.807, 2.05) is 18.2 Å². The average molecular weight is 336 g/mol. The van der Waals surface area contributed by atoms with Crippen LogP contribution in [0.2, 0.25) is 0 Å². The van der Waals surface area contributed by atoms with Crippen molar-refractivity contribution in [2.24, 2.45) is 0 Å². The Morgan fingerprint density at radius 2 is 1.96 bits per heavy atom. The number of rotatable bonds is 8. The second-order valence-corrected chi connectivity index (χ2v) is 6.01. The van der Waals surface area contributed by atoms with E-state index < -0.39 is 6.29 Å². The van der Waals surface area contributed by atoms with Gasteiger partial charge in [-0.2, -0.15) is 0 Å². The molecule has 4 nitrogen and oxygen atoms in total. The van der Waals surface area contributed by atoms with Crippen LogP contribution in [0.4, 0.5) is 0 Å². The molecule has 1 atom stereocenters. The second-order valence-electron chi connectivity index (χ2n) is 6.01. The lowest BCUT2D eigenvalue weighted by Gasteiger charge is -2.06. The first kappa shape index (κ1) is 17.4. The summed E-state index contributed by atoms with van der Waals surface area (Å²) in [5, 5.41) is 14.1. The minimum absolute atomic E-state index is 0.840. The van der Waals surface area contributed by atoms with Crippen LogP contribution >= 0.6 is 0 Å². The summed E-state index contributed by atoms with van der Waals surface area (Å²) in [4.78, 5) is 3.32. The highest BCUT2D eigenvalue weighted by Gasteiger charge is 2.02. The molecule has 3 aromatic rings. The highest BCUT2D eigenvalue weighted by Crippen LogP contribution is 2.17. The van der Waals surface area contributed by atoms with E-state index in [2.05, 4.69) is 52.9 Å². The van der Waals surface area contributed by atoms with Crippen molar-refractivity contribution in [3.8, 4) is 0 Å². The molecule has 1 aromatic heterocycles. The molecule has 0 saturated carbocycles. The predicted molar refractivity (Wildman–Crippen MR) is 102 cm³/mol. The van der Waals surface area contributed by atoms with E-state index >= 15 is 0 Å². The fourth-order valence-electron chi connectivity index (χ4n) is 2.81. The summed E-state index contributed by atoms with van der Waals surface area (Å²) in [5.74, 6) is 0. The minimum atomic E-state index is -0.856. The molecule has 1 unspecified atom stereocenters. The number of aromatic nitrogens is 1. The Kier molecular flexibility index (Phi) is 6.01. The Morgan fingerprint density at radius 1 is 1.16 bits per heavy atom. The Hall–Kier alpha value is -2.40. The number of aliphatic hydroxyl groups excluding tert-OH is 1. The number of ether oxygens (including phenoxy) is 1. The lowest BCUT2D eigenvalue weighted by molar-refractivity contribution is -0.0350. The van der Waals surface area contributed by atoms with Crippen LogP contribution in [0.3, 0.4) is 0 Å². The molecule has 0 aliphatic heterocycles. The summed E-state index contributed by atoms with van der Waals surface area (Å²) in [7, 11) is 1.47. The van der Waals surface area contributed by atoms with Crippen LogP contribution in [0.1, 0.15) is 16.7 Å². The Balaban J connectivity index is 1.47. The van der Waals surface area contributed by atoms with Crippen LogP contribution in [-0.4, -0.2) is 30.0 Å². The number of para-hydroxylation sites is 1. The van der Waals surface area contributed by atoms with Crippen LogP contribution in [0.5, 0.6) is 0 Å². The number of methoxy groups -OCH3 is 1. The van der Waals surface area contributed by atoms with Gasteiger partial charge in [0.25, 0.3) is 0 Å². The van der Waals surface area contributed by atoms with Crippen LogP contribution in [0.25, 0.3) is 17.0 Å². The molecule has 3 N–H and O–H groups in total. The van der Waals surface area contributed by atoms with Crippen molar-refractivity contribution in [2.45, 2.75) is 19.3 Å². The second kappa shape index (κ2) is 8.62. The zero-order valence-electron chi connectivity index (χ0n) is 14.4. The summed E-state index contributed by atoms with van der Waals surface area (Å²) in [6, 6.07) is 16.7. The van der Waals surface area contributed by atoms with Crippen molar-refractivity contribution in [2.75, 3.05) is 13.7 Å². The number of aromatic amines is 1. The first-order chi connectivity index (χ1) is 12.3. The Morgan fingerprint density at radius 3 is 2.76 bits per heavy atom. The predicted octanol–water partition coefficient (Wildman–Crippen LogP) is 3.48. The number of benzene rings is 2. The molecular formula is C21H24N2O2. The minimum Gasteiger partial charge on any atom is -0.365 e. The maximum atomic E-state index is 9.34. The van der Waals surface area contributed by atoms with Gasteiger partial charge in [-0.05, 0) is 41.8 Å². The largest absolute Gasteiger partial charge is 0.365 e. The summed E-state index contributed by atoms with van der Waals surface area (Å²) in [5.41, 5.74) is 4.82. The topological polar surface area (TPSA) is 57.3 Å². The zero-order valence-corrected chi connectivity index (χ0v) is 14.4. The van der Waals surface area contributed by atoms with Crippen LogP contribution < -0.4 is 5.32 Å². The van der Waals surface area contributed by atoms with Crippen LogP contribution in [-0.2, 0) is 17.7 Å². The molecule has 130 valence electrons. The number of hydrogen-bond acceptors (Lipinski definition) is 3. The normalized spacial score (nSPS) is 12.9. The van der Waals surface area contributed by atoms with Crippen molar-refractivity contribution >= 4 is 17.0 Å². The molecule has 4 heteroatoms. The standard InChI is InChI=1S/C21H24N2O2/c1-25-21(24)11-10-16-6-8-17(9-7-16)14-22-13-12-18-15-23-20-5-3-2-4-19(18)20/h2-11,15,21-24H,12-14H2,1H3/b11-10+. The zero-order chi connectivity index (χ0) is 17.5. The van der Waals surface area contributed by atoms with Gasteiger partial charge in [-0.15, -0.1) is 0 Å². The summed E-state index contributed by atoms with van der Waals surface area (Å²) >= 11 is 0. The number of nitrogens with one attached hydrogen (secondary N) is 2. The lowest BCUT2D eigenvalue weighted by Crippen LogP contribution is -2.16. The third-order valence-electron chi connectivity index (χ3n) is 4.25. The van der Waals surface area contributed by atoms with E-state index in [-0.39, 0.29) is 0 Å². The van der Waals surface area contributed by atoms with Crippen molar-refractivity contribution in [3.05, 3.63) is 77.5 Å². The SMILES string of the molecule is COC(O)/C=C/c1ccc(CNCCc2c[nH]c3ccccc23)cc1. The van der Waals surface area contributed by atoms with Gasteiger partial charge in [0.05, 0.1) is 0 Å². The van der Waals surface area contributed by atoms with Crippen molar-refractivity contribution in [1.29, 1.82) is 0 Å². The molecule has 25 heavy (non-hydrogen) atoms. The van der Waals surface area contributed by atoms with Gasteiger partial charge in [0.15, 0.2) is 6.29 Å². The maximum absolute atomic E-state index is 9.34. The van der Waals surface area contributed by atoms with Gasteiger partial charge in [-0.25, -0.2) is 0 Å². The van der Waals surface area contributed by atoms with Gasteiger partial charge in [0.1, 0.15) is 0 Å². The van der Waals surface area contributed by atoms with E-state index in [1.54, 1.807) is 6.08 Å². The summed E-state index contributed by atoms with van der Waals surface area (Å²) in [6.07, 6.45) is 5.71. The smallest absolute Gasteiger partial charge is 0.174 e. The molecule has 0 fully saturated rings. The van der Waals surface area contributed by atoms with E-state index in [0.29, 0.717) is 0 Å². The first-order valence-corrected chi connectivity index (χ1v) is 8.50. The molecule has 0 spiro atoms. The third-order valence-corrected chi connectivity index (χ3v) is 4.25. The van der Waals surface area contributed by atoms with E-state index in [9.17, 15) is 5.11 Å². The molecule has 0 bridgehead atoms. The number of H-pyrrole nitrogens is 1. The molecule has 0 aliphatic rings. The molecule has 0 saturated heterocycles. The molecular weight excluding hydrogens is 312 g/mol. The highest BCUT2D eigenvalue weighted by molar-refractivity contribution is 5.83. The molecule has 0 amide bonds. The fourth-order valence-corrected chi connectivity index (χ4v) is 2.81. The van der Waals surface area contributed by atoms with Crippen molar-refractivity contribution in [3.63, 3.8) is 0 Å². The number of fused-ring (bicyclic) bond motifs is 1. The van der Waals surface area contributed by atoms with E-state index in [1.165, 1.54) is 29.1 Å². The third kappa shape index (κ3) is 4.79. The van der Waals surface area contributed by atoms with E-state index in [4.69, 9.17) is 4.74 Å². The number of hydrogen-bond donors (Lipinski definition) is 3. The quantitative estimate of drug-likeness (QED) is 0.436. The van der Waals surface area contributed by atoms with Crippen LogP contribution in [0, 0.1) is 0 Å². The monoisotopic (exact) mass is 336 g/mol. The van der Waals surface area contributed by atoms with Gasteiger partial charge in [0, 0.05) is 30.8 Å². The van der Waals surface area contributed by atoms with Crippen molar-refractivity contribution < 1.29 is 9.84 Å². The van der Waals surface area contributed by atoms with Crippen LogP contribution in [0.15, 0.2) is 60.8 Å². The number of aliphatic hydroxyl groups is 1. The highest BCUT2D eigenvalue weighted by atomic mass is 16.6. The van der Waals surface area contributed by atoms with Gasteiger partial charge in [-0.3, -0.25) is 0 Å². The Labute approximate surface area is 148 Å². The first-order valence-electron chi connectivity index (χ1n) is 8.50. The Bertz CT molecular complexity index is 821. The van der Waals surface area contributed by atoms with Gasteiger partial charge in [-0.1, -0.05) is 48.5 Å². The molecule has 0 aliphatic carbocycles. The summed E-state index contributed by atoms with van der Waals surface area (Å²) < 4.78 is 4.77.